The van der Waals surface area contributed by atoms with Gasteiger partial charge in [0.05, 0.1) is 18.1 Å². The summed E-state index contributed by atoms with van der Waals surface area (Å²) in [5.41, 5.74) is 3.23. The smallest absolute Gasteiger partial charge is 0.268 e. The van der Waals surface area contributed by atoms with Crippen LogP contribution in [0.1, 0.15) is 24.2 Å². The van der Waals surface area contributed by atoms with E-state index in [0.717, 1.165) is 36.8 Å². The van der Waals surface area contributed by atoms with Gasteiger partial charge in [-0.15, -0.1) is 0 Å². The Morgan fingerprint density at radius 2 is 2.07 bits per heavy atom. The summed E-state index contributed by atoms with van der Waals surface area (Å²) in [5, 5.41) is 11.9. The second-order valence-electron chi connectivity index (χ2n) is 6.39. The van der Waals surface area contributed by atoms with Crippen LogP contribution in [0.25, 0.3) is 33.5 Å². The van der Waals surface area contributed by atoms with Crippen LogP contribution in [0, 0.1) is 5.82 Å². The lowest BCUT2D eigenvalue weighted by Crippen LogP contribution is -1.95. The molecule has 0 amide bonds. The number of aryl methyl sites for hydroxylation is 1. The van der Waals surface area contributed by atoms with E-state index < -0.39 is 12.2 Å². The molecule has 1 N–H and O–H groups in total. The number of hydrogen-bond acceptors (Lipinski definition) is 4. The first-order chi connectivity index (χ1) is 13.1. The number of aromatic amines is 1. The van der Waals surface area contributed by atoms with Gasteiger partial charge < -0.3 is 0 Å². The Morgan fingerprint density at radius 1 is 1.19 bits per heavy atom. The number of halogens is 3. The van der Waals surface area contributed by atoms with Crippen molar-refractivity contribution in [2.75, 3.05) is 0 Å². The summed E-state index contributed by atoms with van der Waals surface area (Å²) in [7, 11) is 0. The van der Waals surface area contributed by atoms with Crippen LogP contribution in [0.3, 0.4) is 0 Å². The minimum atomic E-state index is -2.72. The molecule has 0 saturated carbocycles. The molecule has 6 nitrogen and oxygen atoms in total. The fourth-order valence-electron chi connectivity index (χ4n) is 3.58. The van der Waals surface area contributed by atoms with E-state index >= 15 is 0 Å². The molecule has 0 aliphatic carbocycles. The van der Waals surface area contributed by atoms with Gasteiger partial charge in [-0.25, -0.2) is 18.2 Å². The predicted molar refractivity (Wildman–Crippen MR) is 91.6 cm³/mol. The van der Waals surface area contributed by atoms with E-state index in [-0.39, 0.29) is 5.69 Å². The zero-order chi connectivity index (χ0) is 18.5. The van der Waals surface area contributed by atoms with E-state index in [0.29, 0.717) is 28.0 Å². The summed E-state index contributed by atoms with van der Waals surface area (Å²) < 4.78 is 42.0. The van der Waals surface area contributed by atoms with Gasteiger partial charge >= 0.3 is 0 Å². The normalized spacial score (nSPS) is 13.6. The summed E-state index contributed by atoms with van der Waals surface area (Å²) in [4.78, 5) is 8.09. The Kier molecular flexibility index (Phi) is 3.49. The number of nitrogens with one attached hydrogen (secondary N) is 1. The summed E-state index contributed by atoms with van der Waals surface area (Å²) in [6.45, 7) is 0.741. The summed E-state index contributed by atoms with van der Waals surface area (Å²) >= 11 is 0. The van der Waals surface area contributed by atoms with Gasteiger partial charge in [0.15, 0.2) is 5.65 Å². The average molecular weight is 370 g/mol. The van der Waals surface area contributed by atoms with Crippen molar-refractivity contribution in [2.24, 2.45) is 0 Å². The molecular weight excluding hydrogens is 357 g/mol. The first-order valence-electron chi connectivity index (χ1n) is 8.46. The van der Waals surface area contributed by atoms with E-state index in [9.17, 15) is 13.2 Å². The lowest BCUT2D eigenvalue weighted by molar-refractivity contribution is 0.146. The quantitative estimate of drug-likeness (QED) is 0.594. The van der Waals surface area contributed by atoms with Gasteiger partial charge in [0.2, 0.25) is 0 Å². The van der Waals surface area contributed by atoms with Crippen LogP contribution in [0.2, 0.25) is 0 Å². The average Bonchev–Trinajstić information content (AvgIpc) is 3.36. The van der Waals surface area contributed by atoms with Crippen molar-refractivity contribution in [1.82, 2.24) is 29.9 Å². The van der Waals surface area contributed by atoms with E-state index in [1.807, 2.05) is 4.68 Å². The third kappa shape index (κ3) is 2.49. The molecule has 136 valence electrons. The third-order valence-corrected chi connectivity index (χ3v) is 4.75. The minimum absolute atomic E-state index is 0.291. The number of aromatic nitrogens is 6. The van der Waals surface area contributed by atoms with E-state index in [1.165, 1.54) is 12.1 Å². The van der Waals surface area contributed by atoms with E-state index in [1.54, 1.807) is 12.3 Å². The summed E-state index contributed by atoms with van der Waals surface area (Å²) in [5.74, 6) is -0.451. The number of rotatable bonds is 3. The molecule has 0 bridgehead atoms. The fourth-order valence-corrected chi connectivity index (χ4v) is 3.58. The molecule has 0 spiro atoms. The zero-order valence-electron chi connectivity index (χ0n) is 14.0. The molecule has 4 aromatic rings. The van der Waals surface area contributed by atoms with Crippen molar-refractivity contribution in [1.29, 1.82) is 0 Å². The number of pyridine rings is 2. The van der Waals surface area contributed by atoms with Gasteiger partial charge in [0.25, 0.3) is 6.43 Å². The molecule has 0 fully saturated rings. The lowest BCUT2D eigenvalue weighted by atomic mass is 9.97. The van der Waals surface area contributed by atoms with Crippen LogP contribution in [-0.4, -0.2) is 29.9 Å². The maximum absolute atomic E-state index is 13.4. The number of fused-ring (bicyclic) bond motifs is 2. The predicted octanol–water partition coefficient (Wildman–Crippen LogP) is 3.91. The maximum Gasteiger partial charge on any atom is 0.280 e. The Bertz CT molecular complexity index is 1150. The number of alkyl halides is 2. The summed E-state index contributed by atoms with van der Waals surface area (Å²) in [6.07, 6.45) is 1.66. The standard InChI is InChI=1S/C18H13F3N6/c19-9-3-4-12(22-7-9)16-15(14-2-1-5-27(14)26-16)10-6-13(17(20)21)24-18-11(10)8-23-25-18/h3-4,6-8,17H,1-2,5H2,(H,23,24,25). The number of nitrogens with zero attached hydrogens (tertiary/aromatic N) is 5. The molecule has 5 rings (SSSR count). The molecule has 0 unspecified atom stereocenters. The minimum Gasteiger partial charge on any atom is -0.268 e. The van der Waals surface area contributed by atoms with Crippen molar-refractivity contribution in [3.05, 3.63) is 47.8 Å². The second-order valence-corrected chi connectivity index (χ2v) is 6.39. The Morgan fingerprint density at radius 3 is 2.85 bits per heavy atom. The molecular formula is C18H13F3N6. The monoisotopic (exact) mass is 370 g/mol. The van der Waals surface area contributed by atoms with E-state index in [2.05, 4.69) is 25.3 Å². The van der Waals surface area contributed by atoms with Crippen LogP contribution in [-0.2, 0) is 13.0 Å². The van der Waals surface area contributed by atoms with Crippen LogP contribution in [0.15, 0.2) is 30.6 Å². The van der Waals surface area contributed by atoms with Crippen molar-refractivity contribution in [3.63, 3.8) is 0 Å². The highest BCUT2D eigenvalue weighted by Gasteiger charge is 2.27. The topological polar surface area (TPSA) is 72.3 Å². The number of H-pyrrole nitrogens is 1. The number of hydrogen-bond donors (Lipinski definition) is 1. The van der Waals surface area contributed by atoms with Crippen molar-refractivity contribution in [3.8, 4) is 22.5 Å². The van der Waals surface area contributed by atoms with Gasteiger partial charge in [-0.3, -0.25) is 14.8 Å². The molecule has 0 saturated heterocycles. The Hall–Kier alpha value is -3.23. The largest absolute Gasteiger partial charge is 0.280 e. The maximum atomic E-state index is 13.4. The van der Waals surface area contributed by atoms with Gasteiger partial charge in [-0.2, -0.15) is 10.2 Å². The second kappa shape index (κ2) is 5.90. The van der Waals surface area contributed by atoms with Gasteiger partial charge in [0, 0.05) is 28.8 Å². The first-order valence-corrected chi connectivity index (χ1v) is 8.46. The molecule has 27 heavy (non-hydrogen) atoms. The van der Waals surface area contributed by atoms with Crippen molar-refractivity contribution < 1.29 is 13.2 Å². The third-order valence-electron chi connectivity index (χ3n) is 4.75. The molecule has 0 atom stereocenters. The highest BCUT2D eigenvalue weighted by Crippen LogP contribution is 2.40. The Labute approximate surface area is 151 Å². The fraction of sp³-hybridized carbons (Fsp3) is 0.222. The molecule has 1 aliphatic heterocycles. The SMILES string of the molecule is Fc1ccc(-c2nn3c(c2-c2cc(C(F)F)nc4[nH]ncc24)CCC3)nc1. The van der Waals surface area contributed by atoms with Crippen molar-refractivity contribution in [2.45, 2.75) is 25.8 Å². The van der Waals surface area contributed by atoms with Crippen LogP contribution in [0.4, 0.5) is 13.2 Å². The molecule has 5 heterocycles. The molecule has 9 heteroatoms. The van der Waals surface area contributed by atoms with Gasteiger partial charge in [-0.1, -0.05) is 0 Å². The highest BCUT2D eigenvalue weighted by atomic mass is 19.3. The lowest BCUT2D eigenvalue weighted by Gasteiger charge is -2.09. The molecule has 4 aromatic heterocycles. The highest BCUT2D eigenvalue weighted by molar-refractivity contribution is 5.97. The molecule has 0 radical (unpaired) electrons. The van der Waals surface area contributed by atoms with E-state index in [4.69, 9.17) is 0 Å². The van der Waals surface area contributed by atoms with Crippen LogP contribution in [0.5, 0.6) is 0 Å². The first kappa shape index (κ1) is 16.0. The molecule has 0 aromatic carbocycles. The van der Waals surface area contributed by atoms with Crippen LogP contribution < -0.4 is 0 Å². The molecule has 1 aliphatic rings. The van der Waals surface area contributed by atoms with Crippen molar-refractivity contribution >= 4 is 11.0 Å². The Balaban J connectivity index is 1.82. The van der Waals surface area contributed by atoms with Crippen LogP contribution >= 0.6 is 0 Å². The van der Waals surface area contributed by atoms with Gasteiger partial charge in [0.1, 0.15) is 17.2 Å². The summed E-state index contributed by atoms with van der Waals surface area (Å²) in [6, 6.07) is 4.23. The van der Waals surface area contributed by atoms with Gasteiger partial charge in [-0.05, 0) is 31.0 Å². The zero-order valence-corrected chi connectivity index (χ0v) is 14.0.